The largest absolute Gasteiger partial charge is 0.481 e. The van der Waals surface area contributed by atoms with Crippen molar-refractivity contribution in [2.45, 2.75) is 56.4 Å². The van der Waals surface area contributed by atoms with E-state index in [4.69, 9.17) is 0 Å². The van der Waals surface area contributed by atoms with Crippen LogP contribution >= 0.6 is 0 Å². The maximum absolute atomic E-state index is 12.6. The Morgan fingerprint density at radius 1 is 1.32 bits per heavy atom. The highest BCUT2D eigenvalue weighted by molar-refractivity contribution is 5.98. The number of carboxylic acid groups (broad SMARTS) is 1. The molecule has 4 heteroatoms. The summed E-state index contributed by atoms with van der Waals surface area (Å²) in [6, 6.07) is 8.34. The van der Waals surface area contributed by atoms with Gasteiger partial charge >= 0.3 is 5.97 Å². The number of carboxylic acids is 1. The number of anilines is 1. The summed E-state index contributed by atoms with van der Waals surface area (Å²) in [5, 5.41) is 9.18. The van der Waals surface area contributed by atoms with Crippen LogP contribution in [-0.4, -0.2) is 23.0 Å². The number of hydrogen-bond donors (Lipinski definition) is 1. The van der Waals surface area contributed by atoms with Gasteiger partial charge in [-0.2, -0.15) is 0 Å². The molecule has 2 heterocycles. The van der Waals surface area contributed by atoms with E-state index in [-0.39, 0.29) is 23.8 Å². The van der Waals surface area contributed by atoms with E-state index < -0.39 is 5.97 Å². The van der Waals surface area contributed by atoms with Crippen LogP contribution < -0.4 is 4.90 Å². The Hall–Kier alpha value is -1.84. The topological polar surface area (TPSA) is 57.6 Å². The van der Waals surface area contributed by atoms with Crippen molar-refractivity contribution in [3.63, 3.8) is 0 Å². The summed E-state index contributed by atoms with van der Waals surface area (Å²) in [5.74, 6) is -0.00462. The number of fused-ring (bicyclic) bond motifs is 3. The first-order valence-electron chi connectivity index (χ1n) is 8.27. The van der Waals surface area contributed by atoms with Crippen LogP contribution in [0.15, 0.2) is 24.3 Å². The third kappa shape index (κ3) is 1.76. The van der Waals surface area contributed by atoms with Crippen LogP contribution in [0.3, 0.4) is 0 Å². The molecule has 0 radical (unpaired) electrons. The second kappa shape index (κ2) is 4.83. The van der Waals surface area contributed by atoms with Crippen LogP contribution in [0.5, 0.6) is 0 Å². The number of para-hydroxylation sites is 1. The van der Waals surface area contributed by atoms with Gasteiger partial charge in [0.1, 0.15) is 0 Å². The van der Waals surface area contributed by atoms with Crippen LogP contribution in [0, 0.1) is 5.92 Å². The molecule has 0 unspecified atom stereocenters. The molecule has 0 spiro atoms. The maximum Gasteiger partial charge on any atom is 0.303 e. The minimum absolute atomic E-state index is 0.145. The van der Waals surface area contributed by atoms with Gasteiger partial charge in [-0.15, -0.1) is 0 Å². The quantitative estimate of drug-likeness (QED) is 0.933. The average molecular weight is 299 g/mol. The molecule has 3 atom stereocenters. The summed E-state index contributed by atoms with van der Waals surface area (Å²) in [7, 11) is 0. The summed E-state index contributed by atoms with van der Waals surface area (Å²) in [6.07, 6.45) is 5.72. The first kappa shape index (κ1) is 13.8. The van der Waals surface area contributed by atoms with Crippen molar-refractivity contribution in [2.24, 2.45) is 5.92 Å². The smallest absolute Gasteiger partial charge is 0.303 e. The molecular formula is C18H21NO3. The van der Waals surface area contributed by atoms with E-state index in [0.717, 1.165) is 31.4 Å². The fourth-order valence-corrected chi connectivity index (χ4v) is 5.20. The van der Waals surface area contributed by atoms with E-state index in [1.165, 1.54) is 5.56 Å². The Morgan fingerprint density at radius 2 is 2.14 bits per heavy atom. The van der Waals surface area contributed by atoms with Crippen LogP contribution in [-0.2, 0) is 15.0 Å². The number of benzene rings is 1. The van der Waals surface area contributed by atoms with Crippen molar-refractivity contribution in [1.82, 2.24) is 0 Å². The van der Waals surface area contributed by atoms with Crippen LogP contribution in [0.4, 0.5) is 5.69 Å². The molecule has 1 amide bonds. The highest BCUT2D eigenvalue weighted by Gasteiger charge is 2.58. The van der Waals surface area contributed by atoms with E-state index in [0.29, 0.717) is 18.8 Å². The normalized spacial score (nSPS) is 32.5. The Morgan fingerprint density at radius 3 is 2.95 bits per heavy atom. The van der Waals surface area contributed by atoms with E-state index in [2.05, 4.69) is 6.07 Å². The lowest BCUT2D eigenvalue weighted by atomic mass is 9.60. The van der Waals surface area contributed by atoms with E-state index in [1.54, 1.807) is 0 Å². The lowest BCUT2D eigenvalue weighted by molar-refractivity contribution is -0.137. The molecule has 0 aromatic heterocycles. The Balaban J connectivity index is 1.86. The summed E-state index contributed by atoms with van der Waals surface area (Å²) < 4.78 is 0. The monoisotopic (exact) mass is 299 g/mol. The van der Waals surface area contributed by atoms with E-state index >= 15 is 0 Å². The number of aliphatic carboxylic acids is 1. The molecule has 116 valence electrons. The van der Waals surface area contributed by atoms with Gasteiger partial charge in [0.25, 0.3) is 0 Å². The zero-order valence-corrected chi connectivity index (χ0v) is 12.6. The first-order valence-corrected chi connectivity index (χ1v) is 8.27. The highest BCUT2D eigenvalue weighted by atomic mass is 16.4. The zero-order chi connectivity index (χ0) is 15.3. The molecule has 0 bridgehead atoms. The van der Waals surface area contributed by atoms with Gasteiger partial charge < -0.3 is 10.0 Å². The van der Waals surface area contributed by atoms with Gasteiger partial charge in [-0.25, -0.2) is 0 Å². The molecular weight excluding hydrogens is 278 g/mol. The number of carbonyl (C=O) groups excluding carboxylic acids is 1. The van der Waals surface area contributed by atoms with Gasteiger partial charge in [0, 0.05) is 30.0 Å². The summed E-state index contributed by atoms with van der Waals surface area (Å²) in [5.41, 5.74) is 2.10. The summed E-state index contributed by atoms with van der Waals surface area (Å²) >= 11 is 0. The maximum atomic E-state index is 12.6. The molecule has 1 aromatic carbocycles. The van der Waals surface area contributed by atoms with Crippen molar-refractivity contribution in [2.75, 3.05) is 4.90 Å². The first-order chi connectivity index (χ1) is 10.6. The molecule has 1 saturated heterocycles. The number of piperidine rings is 1. The van der Waals surface area contributed by atoms with Crippen molar-refractivity contribution < 1.29 is 14.7 Å². The third-order valence-electron chi connectivity index (χ3n) is 5.97. The zero-order valence-electron chi connectivity index (χ0n) is 12.6. The van der Waals surface area contributed by atoms with E-state index in [1.807, 2.05) is 23.1 Å². The average Bonchev–Trinajstić information content (AvgIpc) is 2.82. The molecule has 2 aliphatic heterocycles. The summed E-state index contributed by atoms with van der Waals surface area (Å²) in [6.45, 7) is 0. The van der Waals surface area contributed by atoms with Crippen LogP contribution in [0.1, 0.15) is 50.5 Å². The predicted octanol–water partition coefficient (Wildman–Crippen LogP) is 3.10. The van der Waals surface area contributed by atoms with E-state index in [9.17, 15) is 14.7 Å². The molecule has 3 aliphatic rings. The molecule has 1 saturated carbocycles. The fraction of sp³-hybridized carbons (Fsp3) is 0.556. The molecule has 4 nitrogen and oxygen atoms in total. The minimum Gasteiger partial charge on any atom is -0.481 e. The predicted molar refractivity (Wildman–Crippen MR) is 82.8 cm³/mol. The second-order valence-corrected chi connectivity index (χ2v) is 6.97. The number of rotatable bonds is 3. The lowest BCUT2D eigenvalue weighted by Crippen LogP contribution is -2.56. The Labute approximate surface area is 130 Å². The van der Waals surface area contributed by atoms with Crippen LogP contribution in [0.2, 0.25) is 0 Å². The fourth-order valence-electron chi connectivity index (χ4n) is 5.20. The van der Waals surface area contributed by atoms with Crippen molar-refractivity contribution >= 4 is 17.6 Å². The van der Waals surface area contributed by atoms with Gasteiger partial charge in [0.05, 0.1) is 0 Å². The SMILES string of the molecule is O=C(O)CC[C@]12CCC[C@H]3CCC(=O)N(c4ccccc41)[C@H]32. The van der Waals surface area contributed by atoms with Crippen LogP contribution in [0.25, 0.3) is 0 Å². The number of amides is 1. The lowest BCUT2D eigenvalue weighted by Gasteiger charge is -2.49. The molecule has 4 rings (SSSR count). The highest BCUT2D eigenvalue weighted by Crippen LogP contribution is 2.58. The van der Waals surface area contributed by atoms with Crippen molar-refractivity contribution in [1.29, 1.82) is 0 Å². The van der Waals surface area contributed by atoms with Gasteiger partial charge in [-0.1, -0.05) is 24.6 Å². The second-order valence-electron chi connectivity index (χ2n) is 6.97. The number of nitrogens with zero attached hydrogens (tertiary/aromatic N) is 1. The van der Waals surface area contributed by atoms with Gasteiger partial charge in [-0.05, 0) is 43.2 Å². The number of carbonyl (C=O) groups is 2. The summed E-state index contributed by atoms with van der Waals surface area (Å²) in [4.78, 5) is 25.7. The minimum atomic E-state index is -0.741. The Bertz CT molecular complexity index is 641. The third-order valence-corrected chi connectivity index (χ3v) is 5.97. The molecule has 2 fully saturated rings. The molecule has 1 N–H and O–H groups in total. The number of hydrogen-bond acceptors (Lipinski definition) is 2. The van der Waals surface area contributed by atoms with Gasteiger partial charge in [-0.3, -0.25) is 9.59 Å². The standard InChI is InChI=1S/C18H21NO3/c20-15-8-7-12-4-3-10-18(11-9-16(21)22)13-5-1-2-6-14(13)19(15)17(12)18/h1-2,5-6,12,17H,3-4,7-11H2,(H,21,22)/t12-,17+,18+/m0/s1. The van der Waals surface area contributed by atoms with Crippen molar-refractivity contribution in [3.05, 3.63) is 29.8 Å². The van der Waals surface area contributed by atoms with Crippen molar-refractivity contribution in [3.8, 4) is 0 Å². The van der Waals surface area contributed by atoms with Gasteiger partial charge in [0.15, 0.2) is 0 Å². The molecule has 22 heavy (non-hydrogen) atoms. The molecule has 1 aromatic rings. The Kier molecular flexibility index (Phi) is 3.03. The molecule has 1 aliphatic carbocycles. The van der Waals surface area contributed by atoms with Gasteiger partial charge in [0.2, 0.25) is 5.91 Å².